The number of β-amino-alcohol motifs (C(OH)–C–C–N with tert-alkyl or cyclic N) is 1. The molecule has 8 heteroatoms. The molecule has 1 N–H and O–H groups in total. The molecule has 1 atom stereocenters. The summed E-state index contributed by atoms with van der Waals surface area (Å²) in [6.07, 6.45) is 2.28. The van der Waals surface area contributed by atoms with Crippen LogP contribution in [0.1, 0.15) is 23.3 Å². The first-order valence-corrected chi connectivity index (χ1v) is 8.33. The molecule has 0 radical (unpaired) electrons. The van der Waals surface area contributed by atoms with Gasteiger partial charge in [0.2, 0.25) is 0 Å². The molecule has 3 rings (SSSR count). The van der Waals surface area contributed by atoms with Crippen molar-refractivity contribution in [3.63, 3.8) is 0 Å². The van der Waals surface area contributed by atoms with Crippen molar-refractivity contribution in [2.45, 2.75) is 18.4 Å². The zero-order valence-corrected chi connectivity index (χ0v) is 14.0. The van der Waals surface area contributed by atoms with Crippen LogP contribution in [0.25, 0.3) is 0 Å². The highest BCUT2D eigenvalue weighted by atomic mass is 16.5. The highest BCUT2D eigenvalue weighted by molar-refractivity contribution is 5.92. The predicted octanol–water partition coefficient (Wildman–Crippen LogP) is -0.920. The summed E-state index contributed by atoms with van der Waals surface area (Å²) in [6.45, 7) is 3.63. The zero-order valence-electron chi connectivity index (χ0n) is 14.0. The van der Waals surface area contributed by atoms with Crippen LogP contribution in [0.15, 0.2) is 16.9 Å². The van der Waals surface area contributed by atoms with E-state index in [0.29, 0.717) is 19.7 Å². The lowest BCUT2D eigenvalue weighted by Gasteiger charge is -2.33. The Morgan fingerprint density at radius 3 is 2.79 bits per heavy atom. The summed E-state index contributed by atoms with van der Waals surface area (Å²) < 4.78 is 6.67. The maximum Gasteiger partial charge on any atom is 0.274 e. The Hall–Kier alpha value is -1.77. The van der Waals surface area contributed by atoms with Gasteiger partial charge in [0, 0.05) is 26.2 Å². The van der Waals surface area contributed by atoms with E-state index in [1.807, 2.05) is 0 Å². The lowest BCUT2D eigenvalue weighted by molar-refractivity contribution is -0.0524. The number of rotatable bonds is 3. The third kappa shape index (κ3) is 3.82. The Balaban J connectivity index is 1.74. The van der Waals surface area contributed by atoms with Gasteiger partial charge < -0.3 is 19.6 Å². The molecule has 0 aliphatic carbocycles. The van der Waals surface area contributed by atoms with E-state index in [4.69, 9.17) is 4.74 Å². The van der Waals surface area contributed by atoms with Crippen LogP contribution in [-0.2, 0) is 11.8 Å². The van der Waals surface area contributed by atoms with E-state index in [1.165, 1.54) is 19.2 Å². The second-order valence-electron chi connectivity index (χ2n) is 6.67. The van der Waals surface area contributed by atoms with Gasteiger partial charge in [0.1, 0.15) is 11.3 Å². The average Bonchev–Trinajstić information content (AvgIpc) is 2.97. The number of ether oxygens (including phenoxy) is 1. The summed E-state index contributed by atoms with van der Waals surface area (Å²) in [7, 11) is 1.51. The van der Waals surface area contributed by atoms with Crippen LogP contribution < -0.4 is 5.56 Å². The smallest absolute Gasteiger partial charge is 0.274 e. The molecule has 1 amide bonds. The summed E-state index contributed by atoms with van der Waals surface area (Å²) in [5, 5.41) is 15.0. The molecule has 1 aromatic heterocycles. The summed E-state index contributed by atoms with van der Waals surface area (Å²) in [4.78, 5) is 27.9. The van der Waals surface area contributed by atoms with Crippen LogP contribution in [0.5, 0.6) is 0 Å². The quantitative estimate of drug-likeness (QED) is 0.768. The maximum atomic E-state index is 12.7. The molecular weight excluding hydrogens is 312 g/mol. The molecule has 3 heterocycles. The summed E-state index contributed by atoms with van der Waals surface area (Å²) in [5.41, 5.74) is -1.16. The number of hydrogen-bond acceptors (Lipinski definition) is 6. The summed E-state index contributed by atoms with van der Waals surface area (Å²) >= 11 is 0. The standard InChI is InChI=1S/C16H24N4O4/c1-18-14(21)5-4-13(17-18)15(22)20-8-9-24-12-16(23,11-20)10-19-6-2-3-7-19/h4-5,23H,2-3,6-12H2,1H3. The van der Waals surface area contributed by atoms with Gasteiger partial charge in [-0.15, -0.1) is 0 Å². The van der Waals surface area contributed by atoms with Gasteiger partial charge in [-0.3, -0.25) is 9.59 Å². The molecule has 2 saturated heterocycles. The SMILES string of the molecule is Cn1nc(C(=O)N2CCOCC(O)(CN3CCCC3)C2)ccc1=O. The fourth-order valence-corrected chi connectivity index (χ4v) is 3.32. The molecule has 2 aliphatic rings. The number of nitrogens with zero attached hydrogens (tertiary/aromatic N) is 4. The first-order valence-electron chi connectivity index (χ1n) is 8.33. The molecule has 8 nitrogen and oxygen atoms in total. The summed E-state index contributed by atoms with van der Waals surface area (Å²) in [5.74, 6) is -0.295. The minimum Gasteiger partial charge on any atom is -0.384 e. The predicted molar refractivity (Wildman–Crippen MR) is 86.8 cm³/mol. The van der Waals surface area contributed by atoms with E-state index in [-0.39, 0.29) is 30.3 Å². The monoisotopic (exact) mass is 336 g/mol. The average molecular weight is 336 g/mol. The van der Waals surface area contributed by atoms with E-state index < -0.39 is 5.60 Å². The molecule has 0 saturated carbocycles. The molecule has 1 aromatic rings. The minimum atomic E-state index is -1.09. The van der Waals surface area contributed by atoms with E-state index in [9.17, 15) is 14.7 Å². The van der Waals surface area contributed by atoms with Crippen LogP contribution in [-0.4, -0.2) is 82.1 Å². The Bertz CT molecular complexity index is 656. The van der Waals surface area contributed by atoms with Gasteiger partial charge in [0.15, 0.2) is 0 Å². The first-order chi connectivity index (χ1) is 11.5. The lowest BCUT2D eigenvalue weighted by atomic mass is 10.0. The molecular formula is C16H24N4O4. The first kappa shape index (κ1) is 17.1. The largest absolute Gasteiger partial charge is 0.384 e. The van der Waals surface area contributed by atoms with Crippen molar-refractivity contribution >= 4 is 5.91 Å². The molecule has 2 fully saturated rings. The van der Waals surface area contributed by atoms with Crippen molar-refractivity contribution in [1.29, 1.82) is 0 Å². The number of hydrogen-bond donors (Lipinski definition) is 1. The van der Waals surface area contributed by atoms with E-state index in [1.54, 1.807) is 4.90 Å². The van der Waals surface area contributed by atoms with Gasteiger partial charge in [-0.05, 0) is 32.0 Å². The van der Waals surface area contributed by atoms with Crippen LogP contribution in [0, 0.1) is 0 Å². The Labute approximate surface area is 140 Å². The second kappa shape index (κ2) is 7.00. The van der Waals surface area contributed by atoms with Gasteiger partial charge in [-0.2, -0.15) is 5.10 Å². The highest BCUT2D eigenvalue weighted by Crippen LogP contribution is 2.18. The molecule has 132 valence electrons. The molecule has 2 aliphatic heterocycles. The Morgan fingerprint density at radius 2 is 2.08 bits per heavy atom. The van der Waals surface area contributed by atoms with Crippen molar-refractivity contribution < 1.29 is 14.6 Å². The molecule has 0 spiro atoms. The van der Waals surface area contributed by atoms with Crippen LogP contribution in [0.2, 0.25) is 0 Å². The molecule has 0 bridgehead atoms. The van der Waals surface area contributed by atoms with Crippen LogP contribution in [0.4, 0.5) is 0 Å². The van der Waals surface area contributed by atoms with Crippen molar-refractivity contribution in [2.75, 3.05) is 45.9 Å². The van der Waals surface area contributed by atoms with E-state index in [2.05, 4.69) is 10.00 Å². The van der Waals surface area contributed by atoms with Crippen molar-refractivity contribution in [3.8, 4) is 0 Å². The lowest BCUT2D eigenvalue weighted by Crippen LogP contribution is -2.53. The normalized spacial score (nSPS) is 25.7. The minimum absolute atomic E-state index is 0.197. The maximum absolute atomic E-state index is 12.7. The van der Waals surface area contributed by atoms with Crippen molar-refractivity contribution in [2.24, 2.45) is 7.05 Å². The molecule has 1 unspecified atom stereocenters. The zero-order chi connectivity index (χ0) is 17.2. The number of amides is 1. The fraction of sp³-hybridized carbons (Fsp3) is 0.688. The Morgan fingerprint density at radius 1 is 1.33 bits per heavy atom. The number of carbonyl (C=O) groups excluding carboxylic acids is 1. The van der Waals surface area contributed by atoms with Crippen LogP contribution in [0.3, 0.4) is 0 Å². The number of aliphatic hydroxyl groups is 1. The number of carbonyl (C=O) groups is 1. The van der Waals surface area contributed by atoms with Gasteiger partial charge in [0.05, 0.1) is 19.8 Å². The molecule has 0 aromatic carbocycles. The number of likely N-dealkylation sites (tertiary alicyclic amines) is 1. The van der Waals surface area contributed by atoms with Gasteiger partial charge in [-0.1, -0.05) is 0 Å². The van der Waals surface area contributed by atoms with E-state index in [0.717, 1.165) is 30.6 Å². The Kier molecular flexibility index (Phi) is 4.98. The third-order valence-electron chi connectivity index (χ3n) is 4.54. The number of aryl methyl sites for hydroxylation is 1. The number of aromatic nitrogens is 2. The topological polar surface area (TPSA) is 87.9 Å². The van der Waals surface area contributed by atoms with Gasteiger partial charge in [0.25, 0.3) is 11.5 Å². The molecule has 24 heavy (non-hydrogen) atoms. The van der Waals surface area contributed by atoms with Gasteiger partial charge >= 0.3 is 0 Å². The van der Waals surface area contributed by atoms with Crippen LogP contribution >= 0.6 is 0 Å². The third-order valence-corrected chi connectivity index (χ3v) is 4.54. The van der Waals surface area contributed by atoms with E-state index >= 15 is 0 Å². The summed E-state index contributed by atoms with van der Waals surface area (Å²) in [6, 6.07) is 2.75. The van der Waals surface area contributed by atoms with Crippen molar-refractivity contribution in [1.82, 2.24) is 19.6 Å². The van der Waals surface area contributed by atoms with Crippen molar-refractivity contribution in [3.05, 3.63) is 28.2 Å². The van der Waals surface area contributed by atoms with Gasteiger partial charge in [-0.25, -0.2) is 4.68 Å². The highest BCUT2D eigenvalue weighted by Gasteiger charge is 2.37. The fourth-order valence-electron chi connectivity index (χ4n) is 3.32. The second-order valence-corrected chi connectivity index (χ2v) is 6.67.